The molecule has 21 heavy (non-hydrogen) atoms. The summed E-state index contributed by atoms with van der Waals surface area (Å²) in [7, 11) is 0. The van der Waals surface area contributed by atoms with E-state index in [1.54, 1.807) is 45.0 Å². The van der Waals surface area contributed by atoms with Crippen LogP contribution in [0.25, 0.3) is 0 Å². The lowest BCUT2D eigenvalue weighted by Gasteiger charge is -2.18. The number of hydrogen-bond donors (Lipinski definition) is 0. The van der Waals surface area contributed by atoms with Crippen LogP contribution in [-0.4, -0.2) is 30.9 Å². The lowest BCUT2D eigenvalue weighted by molar-refractivity contribution is 0.00175. The Hall–Kier alpha value is -1.75. The van der Waals surface area contributed by atoms with Crippen molar-refractivity contribution in [3.05, 3.63) is 34.9 Å². The predicted molar refractivity (Wildman–Crippen MR) is 78.5 cm³/mol. The molecule has 0 aromatic heterocycles. The Morgan fingerprint density at radius 3 is 2.24 bits per heavy atom. The fraction of sp³-hybridized carbons (Fsp3) is 0.467. The van der Waals surface area contributed by atoms with Gasteiger partial charge in [0.2, 0.25) is 0 Å². The number of esters is 1. The maximum Gasteiger partial charge on any atom is 0.508 e. The number of halogens is 1. The van der Waals surface area contributed by atoms with Gasteiger partial charge in [0.1, 0.15) is 12.2 Å². The van der Waals surface area contributed by atoms with Crippen molar-refractivity contribution in [2.75, 3.05) is 6.61 Å². The van der Waals surface area contributed by atoms with Crippen LogP contribution in [0.5, 0.6) is 0 Å². The van der Waals surface area contributed by atoms with Crippen molar-refractivity contribution >= 4 is 23.7 Å². The van der Waals surface area contributed by atoms with Gasteiger partial charge in [-0.3, -0.25) is 0 Å². The molecule has 0 spiro atoms. The lowest BCUT2D eigenvalue weighted by atomic mass is 10.2. The first-order valence-electron chi connectivity index (χ1n) is 6.72. The first-order valence-corrected chi connectivity index (χ1v) is 7.10. The molecule has 0 aliphatic carbocycles. The van der Waals surface area contributed by atoms with E-state index in [1.807, 2.05) is 0 Å². The Bertz CT molecular complexity index is 471. The molecule has 0 radical (unpaired) electrons. The quantitative estimate of drug-likeness (QED) is 0.747. The monoisotopic (exact) mass is 314 g/mol. The van der Waals surface area contributed by atoms with E-state index < -0.39 is 24.3 Å². The molecule has 0 aliphatic rings. The third-order valence-electron chi connectivity index (χ3n) is 2.61. The summed E-state index contributed by atoms with van der Waals surface area (Å²) < 4.78 is 14.9. The van der Waals surface area contributed by atoms with Crippen molar-refractivity contribution in [2.45, 2.75) is 39.4 Å². The van der Waals surface area contributed by atoms with Gasteiger partial charge in [-0.2, -0.15) is 0 Å². The molecule has 1 aromatic rings. The first-order chi connectivity index (χ1) is 9.92. The van der Waals surface area contributed by atoms with Gasteiger partial charge in [-0.1, -0.05) is 11.6 Å². The molecule has 2 unspecified atom stereocenters. The molecule has 1 aromatic carbocycles. The second-order valence-corrected chi connectivity index (χ2v) is 5.01. The Morgan fingerprint density at radius 2 is 1.67 bits per heavy atom. The highest BCUT2D eigenvalue weighted by atomic mass is 35.5. The van der Waals surface area contributed by atoms with Gasteiger partial charge in [-0.25, -0.2) is 9.59 Å². The summed E-state index contributed by atoms with van der Waals surface area (Å²) in [5, 5.41) is 0.552. The Kier molecular flexibility index (Phi) is 7.02. The maximum atomic E-state index is 11.9. The van der Waals surface area contributed by atoms with Crippen molar-refractivity contribution < 1.29 is 23.8 Å². The minimum Gasteiger partial charge on any atom is -0.459 e. The van der Waals surface area contributed by atoms with E-state index in [0.29, 0.717) is 17.0 Å². The smallest absolute Gasteiger partial charge is 0.459 e. The third kappa shape index (κ3) is 6.49. The van der Waals surface area contributed by atoms with Crippen LogP contribution in [0.4, 0.5) is 4.79 Å². The molecule has 116 valence electrons. The fourth-order valence-electron chi connectivity index (χ4n) is 1.72. The molecule has 0 aliphatic heterocycles. The molecular weight excluding hydrogens is 296 g/mol. The summed E-state index contributed by atoms with van der Waals surface area (Å²) in [6.45, 7) is 5.40. The van der Waals surface area contributed by atoms with Crippen LogP contribution in [0.1, 0.15) is 37.6 Å². The summed E-state index contributed by atoms with van der Waals surface area (Å²) in [5.74, 6) is -0.442. The van der Waals surface area contributed by atoms with Gasteiger partial charge in [0, 0.05) is 11.4 Å². The molecule has 0 saturated heterocycles. The van der Waals surface area contributed by atoms with Gasteiger partial charge in [-0.15, -0.1) is 0 Å². The van der Waals surface area contributed by atoms with E-state index in [1.165, 1.54) is 0 Å². The highest BCUT2D eigenvalue weighted by Crippen LogP contribution is 2.13. The summed E-state index contributed by atoms with van der Waals surface area (Å²) in [5.41, 5.74) is 0.421. The van der Waals surface area contributed by atoms with Crippen molar-refractivity contribution in [1.29, 1.82) is 0 Å². The summed E-state index contributed by atoms with van der Waals surface area (Å²) >= 11 is 5.75. The largest absolute Gasteiger partial charge is 0.508 e. The number of hydrogen-bond acceptors (Lipinski definition) is 5. The average molecular weight is 315 g/mol. The number of benzene rings is 1. The summed E-state index contributed by atoms with van der Waals surface area (Å²) in [6.07, 6.45) is -1.13. The van der Waals surface area contributed by atoms with Crippen LogP contribution in [-0.2, 0) is 14.2 Å². The summed E-state index contributed by atoms with van der Waals surface area (Å²) in [4.78, 5) is 23.0. The zero-order chi connectivity index (χ0) is 15.8. The van der Waals surface area contributed by atoms with Crippen LogP contribution < -0.4 is 0 Å². The molecule has 0 fully saturated rings. The number of ether oxygens (including phenoxy) is 3. The zero-order valence-corrected chi connectivity index (χ0v) is 13.1. The van der Waals surface area contributed by atoms with Crippen molar-refractivity contribution in [3.8, 4) is 0 Å². The molecule has 1 rings (SSSR count). The van der Waals surface area contributed by atoms with E-state index in [0.717, 1.165) is 0 Å². The normalized spacial score (nSPS) is 13.1. The van der Waals surface area contributed by atoms with E-state index >= 15 is 0 Å². The van der Waals surface area contributed by atoms with Gasteiger partial charge in [0.15, 0.2) is 0 Å². The highest BCUT2D eigenvalue weighted by Gasteiger charge is 2.17. The van der Waals surface area contributed by atoms with Gasteiger partial charge >= 0.3 is 12.1 Å². The molecule has 0 heterocycles. The topological polar surface area (TPSA) is 61.8 Å². The average Bonchev–Trinajstić information content (AvgIpc) is 2.38. The standard InChI is InChI=1S/C15H19ClO5/c1-4-19-15(18)21-11(3)9-10(2)20-14(17)12-5-7-13(16)8-6-12/h5-8,10-11H,4,9H2,1-3H3. The Morgan fingerprint density at radius 1 is 1.10 bits per heavy atom. The van der Waals surface area contributed by atoms with E-state index in [4.69, 9.17) is 21.1 Å². The Balaban J connectivity index is 2.42. The van der Waals surface area contributed by atoms with E-state index in [2.05, 4.69) is 4.74 Å². The summed E-state index contributed by atoms with van der Waals surface area (Å²) in [6, 6.07) is 6.43. The second kappa shape index (κ2) is 8.52. The number of carbonyl (C=O) groups excluding carboxylic acids is 2. The van der Waals surface area contributed by atoms with Gasteiger partial charge < -0.3 is 14.2 Å². The van der Waals surface area contributed by atoms with Crippen molar-refractivity contribution in [3.63, 3.8) is 0 Å². The molecule has 0 N–H and O–H groups in total. The maximum absolute atomic E-state index is 11.9. The van der Waals surface area contributed by atoms with Gasteiger partial charge in [0.05, 0.1) is 12.2 Å². The predicted octanol–water partition coefficient (Wildman–Crippen LogP) is 3.84. The van der Waals surface area contributed by atoms with Crippen molar-refractivity contribution in [2.24, 2.45) is 0 Å². The molecule has 2 atom stereocenters. The van der Waals surface area contributed by atoms with Gasteiger partial charge in [-0.05, 0) is 45.0 Å². The molecular formula is C15H19ClO5. The zero-order valence-electron chi connectivity index (χ0n) is 12.3. The molecule has 5 nitrogen and oxygen atoms in total. The molecule has 0 bridgehead atoms. The molecule has 0 amide bonds. The number of carbonyl (C=O) groups is 2. The fourth-order valence-corrected chi connectivity index (χ4v) is 1.84. The van der Waals surface area contributed by atoms with Crippen LogP contribution in [0.2, 0.25) is 5.02 Å². The van der Waals surface area contributed by atoms with Crippen LogP contribution in [0, 0.1) is 0 Å². The van der Waals surface area contributed by atoms with Crippen LogP contribution in [0.3, 0.4) is 0 Å². The van der Waals surface area contributed by atoms with Crippen LogP contribution in [0.15, 0.2) is 24.3 Å². The molecule has 6 heteroatoms. The third-order valence-corrected chi connectivity index (χ3v) is 2.86. The first kappa shape index (κ1) is 17.3. The SMILES string of the molecule is CCOC(=O)OC(C)CC(C)OC(=O)c1ccc(Cl)cc1. The van der Waals surface area contributed by atoms with E-state index in [-0.39, 0.29) is 6.61 Å². The minimum absolute atomic E-state index is 0.257. The Labute approximate surface area is 129 Å². The van der Waals surface area contributed by atoms with E-state index in [9.17, 15) is 9.59 Å². The van der Waals surface area contributed by atoms with Crippen molar-refractivity contribution in [1.82, 2.24) is 0 Å². The highest BCUT2D eigenvalue weighted by molar-refractivity contribution is 6.30. The minimum atomic E-state index is -0.721. The molecule has 0 saturated carbocycles. The van der Waals surface area contributed by atoms with Gasteiger partial charge in [0.25, 0.3) is 0 Å². The number of rotatable bonds is 6. The second-order valence-electron chi connectivity index (χ2n) is 4.57. The lowest BCUT2D eigenvalue weighted by Crippen LogP contribution is -2.24. The van der Waals surface area contributed by atoms with Crippen LogP contribution >= 0.6 is 11.6 Å².